The van der Waals surface area contributed by atoms with Crippen LogP contribution in [-0.4, -0.2) is 46.1 Å². The van der Waals surface area contributed by atoms with Gasteiger partial charge >= 0.3 is 56.6 Å². The SMILES string of the molecule is C1CCOC1.CC(C)[N-][Si]([N-]C(C)C)([N-]C(C)C)NC(C)C.[Li+].[Li+].[Li+]. The van der Waals surface area contributed by atoms with Crippen LogP contribution in [0.25, 0.3) is 14.9 Å². The third kappa shape index (κ3) is 20.4. The summed E-state index contributed by atoms with van der Waals surface area (Å²) in [6.07, 6.45) is 2.56. The maximum absolute atomic E-state index is 4.94. The number of nitrogens with one attached hydrogen (secondary N) is 1. The van der Waals surface area contributed by atoms with Crippen molar-refractivity contribution in [3.05, 3.63) is 14.9 Å². The predicted molar refractivity (Wildman–Crippen MR) is 99.6 cm³/mol. The minimum absolute atomic E-state index is 0. The molecule has 0 spiro atoms. The van der Waals surface area contributed by atoms with Gasteiger partial charge in [0.1, 0.15) is 0 Å². The topological polar surface area (TPSA) is 63.6 Å². The summed E-state index contributed by atoms with van der Waals surface area (Å²) in [5, 5.41) is 0. The Bertz CT molecular complexity index is 229. The van der Waals surface area contributed by atoms with E-state index in [0.29, 0.717) is 6.04 Å². The quantitative estimate of drug-likeness (QED) is 0.449. The number of hydrogen-bond acceptors (Lipinski definition) is 2. The molecule has 1 N–H and O–H groups in total. The Morgan fingerprint density at radius 2 is 1.00 bits per heavy atom. The van der Waals surface area contributed by atoms with E-state index in [1.807, 2.05) is 0 Å². The Morgan fingerprint density at radius 3 is 1.16 bits per heavy atom. The van der Waals surface area contributed by atoms with Crippen LogP contribution in [0.2, 0.25) is 0 Å². The molecule has 1 aliphatic rings. The molecule has 25 heavy (non-hydrogen) atoms. The van der Waals surface area contributed by atoms with E-state index in [-0.39, 0.29) is 74.7 Å². The van der Waals surface area contributed by atoms with Crippen LogP contribution in [0.3, 0.4) is 0 Å². The minimum Gasteiger partial charge on any atom is -0.681 e. The van der Waals surface area contributed by atoms with E-state index < -0.39 is 8.72 Å². The van der Waals surface area contributed by atoms with Gasteiger partial charge in [0.25, 0.3) is 0 Å². The van der Waals surface area contributed by atoms with Gasteiger partial charge in [0.15, 0.2) is 0 Å². The molecule has 1 fully saturated rings. The maximum atomic E-state index is 4.94. The molecule has 0 bridgehead atoms. The Labute approximate surface area is 194 Å². The van der Waals surface area contributed by atoms with Gasteiger partial charge < -0.3 is 24.7 Å². The van der Waals surface area contributed by atoms with Crippen molar-refractivity contribution in [2.75, 3.05) is 13.2 Å². The van der Waals surface area contributed by atoms with Crippen LogP contribution < -0.4 is 61.6 Å². The second kappa shape index (κ2) is 19.1. The van der Waals surface area contributed by atoms with Crippen LogP contribution in [0.1, 0.15) is 68.2 Å². The predicted octanol–water partition coefficient (Wildman–Crippen LogP) is -4.42. The fourth-order valence-corrected chi connectivity index (χ4v) is 5.55. The molecule has 134 valence electrons. The summed E-state index contributed by atoms with van der Waals surface area (Å²) in [7, 11) is -2.42. The molecule has 0 radical (unpaired) electrons. The smallest absolute Gasteiger partial charge is 0.681 e. The average molecular weight is 350 g/mol. The molecule has 1 rings (SSSR count). The summed E-state index contributed by atoms with van der Waals surface area (Å²) in [5.74, 6) is 0. The molecular formula is C16H37Li3N4OSi. The van der Waals surface area contributed by atoms with Crippen LogP contribution in [0.5, 0.6) is 0 Å². The van der Waals surface area contributed by atoms with Crippen molar-refractivity contribution in [2.24, 2.45) is 0 Å². The van der Waals surface area contributed by atoms with Crippen LogP contribution in [-0.2, 0) is 4.74 Å². The zero-order chi connectivity index (χ0) is 17.2. The van der Waals surface area contributed by atoms with Crippen molar-refractivity contribution >= 4 is 8.72 Å². The van der Waals surface area contributed by atoms with Crippen molar-refractivity contribution < 1.29 is 61.3 Å². The third-order valence-electron chi connectivity index (χ3n) is 2.62. The van der Waals surface area contributed by atoms with E-state index in [2.05, 4.69) is 60.4 Å². The molecule has 9 heteroatoms. The number of rotatable bonds is 8. The van der Waals surface area contributed by atoms with Gasteiger partial charge in [-0.15, -0.1) is 18.1 Å². The van der Waals surface area contributed by atoms with Crippen molar-refractivity contribution in [3.63, 3.8) is 0 Å². The van der Waals surface area contributed by atoms with E-state index in [4.69, 9.17) is 19.7 Å². The first-order valence-electron chi connectivity index (χ1n) is 8.68. The Hall–Kier alpha value is 1.81. The summed E-state index contributed by atoms with van der Waals surface area (Å²) in [5.41, 5.74) is 0. The van der Waals surface area contributed by atoms with Crippen molar-refractivity contribution in [1.29, 1.82) is 0 Å². The zero-order valence-corrected chi connectivity index (χ0v) is 19.9. The first kappa shape index (κ1) is 34.3. The van der Waals surface area contributed by atoms with Crippen LogP contribution in [0.4, 0.5) is 0 Å². The first-order valence-corrected chi connectivity index (χ1v) is 10.5. The molecule has 0 aromatic carbocycles. The number of hydrogen-bond donors (Lipinski definition) is 1. The molecule has 0 aromatic rings. The van der Waals surface area contributed by atoms with Gasteiger partial charge in [0.05, 0.1) is 0 Å². The fourth-order valence-electron chi connectivity index (χ4n) is 2.19. The second-order valence-corrected chi connectivity index (χ2v) is 9.26. The molecule has 1 aliphatic heterocycles. The van der Waals surface area contributed by atoms with E-state index in [9.17, 15) is 0 Å². The number of ether oxygens (including phenoxy) is 1. The third-order valence-corrected chi connectivity index (χ3v) is 6.22. The van der Waals surface area contributed by atoms with E-state index >= 15 is 0 Å². The summed E-state index contributed by atoms with van der Waals surface area (Å²) >= 11 is 0. The molecule has 0 unspecified atom stereocenters. The Kier molecular flexibility index (Phi) is 26.3. The normalized spacial score (nSPS) is 13.9. The molecule has 5 nitrogen and oxygen atoms in total. The van der Waals surface area contributed by atoms with Crippen molar-refractivity contribution in [2.45, 2.75) is 92.4 Å². The van der Waals surface area contributed by atoms with E-state index in [1.165, 1.54) is 12.8 Å². The van der Waals surface area contributed by atoms with Gasteiger partial charge in [-0.1, -0.05) is 55.4 Å². The molecule has 1 saturated heterocycles. The Balaban J connectivity index is -0.000000236. The summed E-state index contributed by atoms with van der Waals surface area (Å²) < 4.78 is 4.94. The fraction of sp³-hybridized carbons (Fsp3) is 1.00. The van der Waals surface area contributed by atoms with Gasteiger partial charge in [0.2, 0.25) is 0 Å². The van der Waals surface area contributed by atoms with Crippen LogP contribution >= 0.6 is 0 Å². The van der Waals surface area contributed by atoms with Gasteiger partial charge in [0, 0.05) is 13.2 Å². The summed E-state index contributed by atoms with van der Waals surface area (Å²) in [6, 6.07) is 1.14. The monoisotopic (exact) mass is 350 g/mol. The zero-order valence-electron chi connectivity index (χ0n) is 18.9. The molecule has 1 heterocycles. The van der Waals surface area contributed by atoms with Crippen molar-refractivity contribution in [1.82, 2.24) is 4.98 Å². The van der Waals surface area contributed by atoms with E-state index in [1.54, 1.807) is 0 Å². The first-order chi connectivity index (χ1) is 10.2. The number of nitrogens with zero attached hydrogens (tertiary/aromatic N) is 3. The maximum Gasteiger partial charge on any atom is 1.00 e. The minimum atomic E-state index is -2.42. The standard InChI is InChI=1S/C12H29N4Si.C4H8O.3Li/c1-9(2)13-17(14-10(3)4,15-11(5)6)16-12(7)8;1-2-4-5-3-1;;;/h9-13H,1-8H3;1-4H2;;;/q-3;;3*+1. The molecule has 0 saturated carbocycles. The van der Waals surface area contributed by atoms with Crippen molar-refractivity contribution in [3.8, 4) is 0 Å². The Morgan fingerprint density at radius 1 is 0.680 bits per heavy atom. The van der Waals surface area contributed by atoms with Gasteiger partial charge in [-0.05, 0) is 18.9 Å². The molecule has 0 aliphatic carbocycles. The summed E-state index contributed by atoms with van der Waals surface area (Å²) in [4.78, 5) is 18.0. The average Bonchev–Trinajstić information content (AvgIpc) is 2.81. The van der Waals surface area contributed by atoms with E-state index in [0.717, 1.165) is 13.2 Å². The molecule has 0 amide bonds. The largest absolute Gasteiger partial charge is 1.00 e. The van der Waals surface area contributed by atoms with Gasteiger partial charge in [-0.2, -0.15) is 0 Å². The van der Waals surface area contributed by atoms with Crippen LogP contribution in [0, 0.1) is 0 Å². The van der Waals surface area contributed by atoms with Gasteiger partial charge in [-0.3, -0.25) is 0 Å². The van der Waals surface area contributed by atoms with Gasteiger partial charge in [-0.25, -0.2) is 8.72 Å². The molecule has 0 atom stereocenters. The van der Waals surface area contributed by atoms with Crippen LogP contribution in [0.15, 0.2) is 0 Å². The summed E-state index contributed by atoms with van der Waals surface area (Å²) in [6.45, 7) is 18.8. The molecular weight excluding hydrogens is 313 g/mol. The molecule has 0 aromatic heterocycles. The second-order valence-electron chi connectivity index (χ2n) is 6.92.